The van der Waals surface area contributed by atoms with Crippen molar-refractivity contribution in [3.63, 3.8) is 0 Å². The molecule has 0 spiro atoms. The van der Waals surface area contributed by atoms with E-state index in [0.717, 1.165) is 45.4 Å². The van der Waals surface area contributed by atoms with Gasteiger partial charge < -0.3 is 5.32 Å². The van der Waals surface area contributed by atoms with Crippen LogP contribution in [0.2, 0.25) is 0 Å². The summed E-state index contributed by atoms with van der Waals surface area (Å²) in [6, 6.07) is 0.489. The highest BCUT2D eigenvalue weighted by atomic mass is 16.2. The third-order valence-corrected chi connectivity index (χ3v) is 5.82. The number of allylic oxidation sites excluding steroid dienone is 1. The van der Waals surface area contributed by atoms with Gasteiger partial charge in [0.15, 0.2) is 0 Å². The fourth-order valence-electron chi connectivity index (χ4n) is 4.27. The van der Waals surface area contributed by atoms with Crippen molar-refractivity contribution in [1.82, 2.24) is 15.1 Å². The van der Waals surface area contributed by atoms with E-state index in [1.165, 1.54) is 38.5 Å². The number of hydrogen-bond acceptors (Lipinski definition) is 3. The largest absolute Gasteiger partial charge is 0.352 e. The number of likely N-dealkylation sites (N-methyl/N-ethyl adjacent to an activating group) is 1. The van der Waals surface area contributed by atoms with Crippen molar-refractivity contribution in [3.05, 3.63) is 11.6 Å². The Balaban J connectivity index is 1.40. The van der Waals surface area contributed by atoms with Gasteiger partial charge in [-0.1, -0.05) is 18.1 Å². The summed E-state index contributed by atoms with van der Waals surface area (Å²) in [5.41, 5.74) is 1.64. The molecule has 2 heterocycles. The van der Waals surface area contributed by atoms with Crippen molar-refractivity contribution >= 4 is 5.91 Å². The number of hydrogen-bond donors (Lipinski definition) is 1. The van der Waals surface area contributed by atoms with E-state index < -0.39 is 0 Å². The van der Waals surface area contributed by atoms with Crippen LogP contribution in [0.5, 0.6) is 0 Å². The maximum atomic E-state index is 12.5. The van der Waals surface area contributed by atoms with E-state index in [1.54, 1.807) is 5.57 Å². The lowest BCUT2D eigenvalue weighted by molar-refractivity contribution is -0.128. The molecule has 1 amide bonds. The lowest BCUT2D eigenvalue weighted by Gasteiger charge is -2.36. The Hall–Kier alpha value is -0.870. The Bertz CT molecular complexity index is 426. The van der Waals surface area contributed by atoms with Gasteiger partial charge in [-0.2, -0.15) is 0 Å². The molecule has 1 unspecified atom stereocenters. The van der Waals surface area contributed by atoms with Crippen molar-refractivity contribution in [3.8, 4) is 0 Å². The molecule has 0 radical (unpaired) electrons. The van der Waals surface area contributed by atoms with Crippen LogP contribution in [-0.4, -0.2) is 61.0 Å². The van der Waals surface area contributed by atoms with Gasteiger partial charge in [0.1, 0.15) is 0 Å². The number of rotatable bonds is 4. The second-order valence-corrected chi connectivity index (χ2v) is 7.66. The molecule has 1 atom stereocenters. The van der Waals surface area contributed by atoms with Gasteiger partial charge in [0, 0.05) is 25.7 Å². The second-order valence-electron chi connectivity index (χ2n) is 7.66. The lowest BCUT2D eigenvalue weighted by atomic mass is 9.97. The van der Waals surface area contributed by atoms with E-state index in [4.69, 9.17) is 0 Å². The second kappa shape index (κ2) is 8.29. The molecule has 0 saturated carbocycles. The minimum Gasteiger partial charge on any atom is -0.352 e. The van der Waals surface area contributed by atoms with Crippen LogP contribution in [0, 0.1) is 0 Å². The third-order valence-electron chi connectivity index (χ3n) is 5.82. The summed E-state index contributed by atoms with van der Waals surface area (Å²) in [4.78, 5) is 17.3. The highest BCUT2D eigenvalue weighted by Gasteiger charge is 2.28. The van der Waals surface area contributed by atoms with Gasteiger partial charge in [-0.15, -0.1) is 0 Å². The summed E-state index contributed by atoms with van der Waals surface area (Å²) < 4.78 is 0. The van der Waals surface area contributed by atoms with Crippen LogP contribution in [0.1, 0.15) is 57.8 Å². The number of likely N-dealkylation sites (tertiary alicyclic amines) is 2. The first-order valence-corrected chi connectivity index (χ1v) is 9.63. The molecule has 3 aliphatic rings. The Kier molecular flexibility index (Phi) is 6.12. The topological polar surface area (TPSA) is 35.6 Å². The number of piperidine rings is 2. The number of amides is 1. The molecule has 1 N–H and O–H groups in total. The normalized spacial score (nSPS) is 28.4. The Morgan fingerprint density at radius 1 is 1.13 bits per heavy atom. The van der Waals surface area contributed by atoms with Gasteiger partial charge in [-0.25, -0.2) is 0 Å². The molecule has 0 bridgehead atoms. The smallest absolute Gasteiger partial charge is 0.237 e. The summed E-state index contributed by atoms with van der Waals surface area (Å²) in [5, 5.41) is 3.32. The van der Waals surface area contributed by atoms with Gasteiger partial charge in [-0.05, 0) is 65.0 Å². The molecule has 130 valence electrons. The van der Waals surface area contributed by atoms with Crippen LogP contribution in [-0.2, 0) is 4.79 Å². The predicted octanol–water partition coefficient (Wildman–Crippen LogP) is 2.55. The molecule has 1 aliphatic carbocycles. The minimum absolute atomic E-state index is 0.106. The van der Waals surface area contributed by atoms with E-state index in [9.17, 15) is 4.79 Å². The van der Waals surface area contributed by atoms with E-state index in [-0.39, 0.29) is 11.9 Å². The van der Waals surface area contributed by atoms with Gasteiger partial charge in [-0.3, -0.25) is 14.6 Å². The van der Waals surface area contributed by atoms with Crippen LogP contribution in [0.4, 0.5) is 0 Å². The number of carbonyl (C=O) groups excluding carboxylic acids is 1. The molecule has 23 heavy (non-hydrogen) atoms. The first-order chi connectivity index (χ1) is 11.2. The van der Waals surface area contributed by atoms with E-state index >= 15 is 0 Å². The van der Waals surface area contributed by atoms with Crippen LogP contribution in [0.25, 0.3) is 0 Å². The Morgan fingerprint density at radius 3 is 2.65 bits per heavy atom. The van der Waals surface area contributed by atoms with Crippen molar-refractivity contribution in [2.75, 3.05) is 33.2 Å². The zero-order chi connectivity index (χ0) is 16.1. The molecule has 2 fully saturated rings. The first-order valence-electron chi connectivity index (χ1n) is 9.63. The van der Waals surface area contributed by atoms with E-state index in [1.807, 2.05) is 0 Å². The predicted molar refractivity (Wildman–Crippen MR) is 94.4 cm³/mol. The SMILES string of the molecule is CN1CCCCC1C(=O)NC1CCN(CC2=CCCCC2)CC1. The molecule has 0 aromatic heterocycles. The summed E-state index contributed by atoms with van der Waals surface area (Å²) in [6.07, 6.45) is 13.4. The standard InChI is InChI=1S/C19H33N3O/c1-21-12-6-5-9-18(21)19(23)20-17-10-13-22(14-11-17)15-16-7-3-2-4-8-16/h7,17-18H,2-6,8-15H2,1H3,(H,20,23). The number of nitrogens with one attached hydrogen (secondary N) is 1. The molecule has 0 aromatic rings. The number of carbonyl (C=O) groups is 1. The van der Waals surface area contributed by atoms with Crippen molar-refractivity contribution in [2.45, 2.75) is 69.9 Å². The van der Waals surface area contributed by atoms with Crippen LogP contribution >= 0.6 is 0 Å². The van der Waals surface area contributed by atoms with E-state index in [0.29, 0.717) is 6.04 Å². The number of nitrogens with zero attached hydrogens (tertiary/aromatic N) is 2. The molecule has 4 nitrogen and oxygen atoms in total. The van der Waals surface area contributed by atoms with Gasteiger partial charge >= 0.3 is 0 Å². The fraction of sp³-hybridized carbons (Fsp3) is 0.842. The summed E-state index contributed by atoms with van der Waals surface area (Å²) in [5.74, 6) is 0.264. The maximum absolute atomic E-state index is 12.5. The maximum Gasteiger partial charge on any atom is 0.237 e. The zero-order valence-corrected chi connectivity index (χ0v) is 14.7. The average Bonchev–Trinajstić information content (AvgIpc) is 2.58. The van der Waals surface area contributed by atoms with Crippen LogP contribution in [0.15, 0.2) is 11.6 Å². The quantitative estimate of drug-likeness (QED) is 0.809. The molecule has 0 aromatic carbocycles. The molecule has 3 rings (SSSR count). The van der Waals surface area contributed by atoms with Gasteiger partial charge in [0.25, 0.3) is 0 Å². The van der Waals surface area contributed by atoms with Gasteiger partial charge in [0.2, 0.25) is 5.91 Å². The summed E-state index contributed by atoms with van der Waals surface area (Å²) in [7, 11) is 2.09. The van der Waals surface area contributed by atoms with Crippen molar-refractivity contribution < 1.29 is 4.79 Å². The lowest BCUT2D eigenvalue weighted by Crippen LogP contribution is -2.52. The molecular weight excluding hydrogens is 286 g/mol. The van der Waals surface area contributed by atoms with Crippen LogP contribution in [0.3, 0.4) is 0 Å². The van der Waals surface area contributed by atoms with Crippen molar-refractivity contribution in [2.24, 2.45) is 0 Å². The molecule has 2 aliphatic heterocycles. The highest BCUT2D eigenvalue weighted by Crippen LogP contribution is 2.21. The first kappa shape index (κ1) is 17.0. The van der Waals surface area contributed by atoms with Gasteiger partial charge in [0.05, 0.1) is 6.04 Å². The summed E-state index contributed by atoms with van der Waals surface area (Å²) >= 11 is 0. The molecular formula is C19H33N3O. The fourth-order valence-corrected chi connectivity index (χ4v) is 4.27. The Morgan fingerprint density at radius 2 is 1.96 bits per heavy atom. The minimum atomic E-state index is 0.106. The molecule has 4 heteroatoms. The monoisotopic (exact) mass is 319 g/mol. The average molecular weight is 319 g/mol. The zero-order valence-electron chi connectivity index (χ0n) is 14.7. The van der Waals surface area contributed by atoms with Crippen molar-refractivity contribution in [1.29, 1.82) is 0 Å². The van der Waals surface area contributed by atoms with E-state index in [2.05, 4.69) is 28.2 Å². The summed E-state index contributed by atoms with van der Waals surface area (Å²) in [6.45, 7) is 4.48. The third kappa shape index (κ3) is 4.80. The Labute approximate surface area is 141 Å². The highest BCUT2D eigenvalue weighted by molar-refractivity contribution is 5.82. The van der Waals surface area contributed by atoms with Crippen LogP contribution < -0.4 is 5.32 Å². The molecule has 2 saturated heterocycles.